The Labute approximate surface area is 69.4 Å². The standard InChI is InChI=1S/C8H9FN2O/c9-6-1-3-7(4-2-6)11-8(12)5-10/h1-4H,5,10H2,(H,11,12). The van der Waals surface area contributed by atoms with Gasteiger partial charge in [0, 0.05) is 5.69 Å². The van der Waals surface area contributed by atoms with Crippen LogP contribution in [0.3, 0.4) is 0 Å². The molecule has 0 aliphatic rings. The highest BCUT2D eigenvalue weighted by Gasteiger charge is 1.97. The van der Waals surface area contributed by atoms with E-state index in [0.717, 1.165) is 0 Å². The van der Waals surface area contributed by atoms with E-state index < -0.39 is 0 Å². The van der Waals surface area contributed by atoms with Gasteiger partial charge in [-0.05, 0) is 24.3 Å². The van der Waals surface area contributed by atoms with Crippen molar-refractivity contribution in [2.45, 2.75) is 0 Å². The Morgan fingerprint density at radius 2 is 2.00 bits per heavy atom. The molecule has 1 aromatic carbocycles. The molecule has 0 saturated heterocycles. The number of carbonyl (C=O) groups excluding carboxylic acids is 1. The van der Waals surface area contributed by atoms with Crippen LogP contribution in [0.25, 0.3) is 0 Å². The van der Waals surface area contributed by atoms with Gasteiger partial charge in [0.15, 0.2) is 0 Å². The van der Waals surface area contributed by atoms with Gasteiger partial charge in [-0.3, -0.25) is 4.79 Å². The van der Waals surface area contributed by atoms with Crippen molar-refractivity contribution < 1.29 is 9.18 Å². The monoisotopic (exact) mass is 168 g/mol. The lowest BCUT2D eigenvalue weighted by Crippen LogP contribution is -2.21. The lowest BCUT2D eigenvalue weighted by atomic mass is 10.3. The van der Waals surface area contributed by atoms with Crippen LogP contribution in [0.4, 0.5) is 10.1 Å². The van der Waals surface area contributed by atoms with Gasteiger partial charge in [-0.1, -0.05) is 0 Å². The maximum absolute atomic E-state index is 12.4. The largest absolute Gasteiger partial charge is 0.325 e. The van der Waals surface area contributed by atoms with Gasteiger partial charge in [0.25, 0.3) is 0 Å². The summed E-state index contributed by atoms with van der Waals surface area (Å²) in [5.74, 6) is -0.623. The van der Waals surface area contributed by atoms with E-state index in [-0.39, 0.29) is 18.3 Å². The molecule has 3 nitrogen and oxygen atoms in total. The molecule has 0 spiro atoms. The Bertz CT molecular complexity index is 271. The summed E-state index contributed by atoms with van der Waals surface area (Å²) in [5, 5.41) is 2.49. The smallest absolute Gasteiger partial charge is 0.238 e. The Kier molecular flexibility index (Phi) is 2.76. The first-order chi connectivity index (χ1) is 5.72. The fraction of sp³-hybridized carbons (Fsp3) is 0.125. The summed E-state index contributed by atoms with van der Waals surface area (Å²) in [6.07, 6.45) is 0. The minimum atomic E-state index is -0.333. The quantitative estimate of drug-likeness (QED) is 0.683. The Morgan fingerprint density at radius 3 is 2.50 bits per heavy atom. The first-order valence-electron chi connectivity index (χ1n) is 3.48. The highest BCUT2D eigenvalue weighted by molar-refractivity contribution is 5.91. The molecular formula is C8H9FN2O. The van der Waals surface area contributed by atoms with E-state index in [0.29, 0.717) is 5.69 Å². The third-order valence-corrected chi connectivity index (χ3v) is 1.31. The number of carbonyl (C=O) groups is 1. The molecule has 3 N–H and O–H groups in total. The maximum Gasteiger partial charge on any atom is 0.238 e. The molecule has 4 heteroatoms. The number of nitrogens with one attached hydrogen (secondary N) is 1. The molecule has 1 rings (SSSR count). The van der Waals surface area contributed by atoms with Crippen LogP contribution in [0.2, 0.25) is 0 Å². The van der Waals surface area contributed by atoms with Gasteiger partial charge >= 0.3 is 0 Å². The average molecular weight is 168 g/mol. The van der Waals surface area contributed by atoms with Crippen LogP contribution in [0.5, 0.6) is 0 Å². The van der Waals surface area contributed by atoms with Crippen LogP contribution in [-0.4, -0.2) is 12.5 Å². The number of nitrogens with two attached hydrogens (primary N) is 1. The fourth-order valence-electron chi connectivity index (χ4n) is 0.745. The summed E-state index contributed by atoms with van der Waals surface area (Å²) >= 11 is 0. The topological polar surface area (TPSA) is 55.1 Å². The molecule has 0 bridgehead atoms. The summed E-state index contributed by atoms with van der Waals surface area (Å²) in [6.45, 7) is -0.0720. The molecular weight excluding hydrogens is 159 g/mol. The Morgan fingerprint density at radius 1 is 1.42 bits per heavy atom. The minimum absolute atomic E-state index is 0.0720. The molecule has 0 fully saturated rings. The van der Waals surface area contributed by atoms with E-state index in [1.165, 1.54) is 24.3 Å². The third kappa shape index (κ3) is 2.32. The van der Waals surface area contributed by atoms with Crippen molar-refractivity contribution in [1.29, 1.82) is 0 Å². The maximum atomic E-state index is 12.4. The normalized spacial score (nSPS) is 9.50. The predicted molar refractivity (Wildman–Crippen MR) is 44.1 cm³/mol. The Balaban J connectivity index is 2.64. The molecule has 0 radical (unpaired) electrons. The van der Waals surface area contributed by atoms with Gasteiger partial charge in [0.1, 0.15) is 5.82 Å². The third-order valence-electron chi connectivity index (χ3n) is 1.31. The van der Waals surface area contributed by atoms with Gasteiger partial charge < -0.3 is 11.1 Å². The van der Waals surface area contributed by atoms with Crippen LogP contribution in [-0.2, 0) is 4.79 Å². The van der Waals surface area contributed by atoms with Crippen molar-refractivity contribution >= 4 is 11.6 Å². The second-order valence-corrected chi connectivity index (χ2v) is 2.26. The van der Waals surface area contributed by atoms with Gasteiger partial charge in [-0.15, -0.1) is 0 Å². The van der Waals surface area contributed by atoms with E-state index in [1.807, 2.05) is 0 Å². The van der Waals surface area contributed by atoms with Gasteiger partial charge in [-0.2, -0.15) is 0 Å². The zero-order valence-corrected chi connectivity index (χ0v) is 6.38. The molecule has 0 saturated carbocycles. The van der Waals surface area contributed by atoms with Crippen molar-refractivity contribution in [3.8, 4) is 0 Å². The van der Waals surface area contributed by atoms with E-state index in [9.17, 15) is 9.18 Å². The van der Waals surface area contributed by atoms with Gasteiger partial charge in [0.05, 0.1) is 6.54 Å². The van der Waals surface area contributed by atoms with Crippen LogP contribution in [0.1, 0.15) is 0 Å². The fourth-order valence-corrected chi connectivity index (χ4v) is 0.745. The molecule has 0 aliphatic heterocycles. The molecule has 12 heavy (non-hydrogen) atoms. The lowest BCUT2D eigenvalue weighted by Gasteiger charge is -2.01. The first kappa shape index (κ1) is 8.67. The molecule has 1 amide bonds. The van der Waals surface area contributed by atoms with E-state index in [2.05, 4.69) is 5.32 Å². The predicted octanol–water partition coefficient (Wildman–Crippen LogP) is 0.723. The van der Waals surface area contributed by atoms with Crippen LogP contribution in [0, 0.1) is 5.82 Å². The van der Waals surface area contributed by atoms with Gasteiger partial charge in [0.2, 0.25) is 5.91 Å². The van der Waals surface area contributed by atoms with Gasteiger partial charge in [-0.25, -0.2) is 4.39 Å². The number of amides is 1. The molecule has 0 unspecified atom stereocenters. The molecule has 1 aromatic rings. The molecule has 0 aromatic heterocycles. The number of anilines is 1. The minimum Gasteiger partial charge on any atom is -0.325 e. The van der Waals surface area contributed by atoms with E-state index >= 15 is 0 Å². The summed E-state index contributed by atoms with van der Waals surface area (Å²) < 4.78 is 12.4. The van der Waals surface area contributed by atoms with Crippen LogP contribution >= 0.6 is 0 Å². The zero-order chi connectivity index (χ0) is 8.97. The summed E-state index contributed by atoms with van der Waals surface area (Å²) in [5.41, 5.74) is 5.61. The van der Waals surface area contributed by atoms with Crippen molar-refractivity contribution in [2.75, 3.05) is 11.9 Å². The SMILES string of the molecule is NCC(=O)Nc1ccc(F)cc1. The first-order valence-corrected chi connectivity index (χ1v) is 3.48. The highest BCUT2D eigenvalue weighted by Crippen LogP contribution is 2.07. The van der Waals surface area contributed by atoms with Crippen molar-refractivity contribution in [2.24, 2.45) is 5.73 Å². The molecule has 0 heterocycles. The Hall–Kier alpha value is -1.42. The number of rotatable bonds is 2. The highest BCUT2D eigenvalue weighted by atomic mass is 19.1. The van der Waals surface area contributed by atoms with E-state index in [1.54, 1.807) is 0 Å². The molecule has 64 valence electrons. The van der Waals surface area contributed by atoms with Crippen LogP contribution in [0.15, 0.2) is 24.3 Å². The van der Waals surface area contributed by atoms with E-state index in [4.69, 9.17) is 5.73 Å². The second-order valence-electron chi connectivity index (χ2n) is 2.26. The number of halogens is 1. The second kappa shape index (κ2) is 3.82. The summed E-state index contributed by atoms with van der Waals surface area (Å²) in [6, 6.07) is 5.49. The number of benzene rings is 1. The summed E-state index contributed by atoms with van der Waals surface area (Å²) in [7, 11) is 0. The number of hydrogen-bond donors (Lipinski definition) is 2. The van der Waals surface area contributed by atoms with Crippen LogP contribution < -0.4 is 11.1 Å². The molecule has 0 atom stereocenters. The average Bonchev–Trinajstić information content (AvgIpc) is 2.09. The molecule has 0 aliphatic carbocycles. The lowest BCUT2D eigenvalue weighted by molar-refractivity contribution is -0.114. The summed E-state index contributed by atoms with van der Waals surface area (Å²) in [4.78, 5) is 10.7. The van der Waals surface area contributed by atoms with Crippen molar-refractivity contribution in [3.63, 3.8) is 0 Å². The van der Waals surface area contributed by atoms with Crippen molar-refractivity contribution in [1.82, 2.24) is 0 Å². The van der Waals surface area contributed by atoms with Crippen molar-refractivity contribution in [3.05, 3.63) is 30.1 Å². The number of hydrogen-bond acceptors (Lipinski definition) is 2. The zero-order valence-electron chi connectivity index (χ0n) is 6.38.